The largest absolute Gasteiger partial charge is 0.492 e. The van der Waals surface area contributed by atoms with Gasteiger partial charge in [0.05, 0.1) is 11.0 Å². The maximum atomic E-state index is 6.17. The lowest BCUT2D eigenvalue weighted by atomic mass is 10.1. The second-order valence-corrected chi connectivity index (χ2v) is 8.81. The molecule has 2 heterocycles. The van der Waals surface area contributed by atoms with Crippen LogP contribution in [0.4, 0.5) is 0 Å². The summed E-state index contributed by atoms with van der Waals surface area (Å²) in [5.41, 5.74) is 6.84. The molecule has 1 fully saturated rings. The minimum absolute atomic E-state index is 0.717. The maximum Gasteiger partial charge on any atom is 0.145 e. The number of benzene rings is 3. The standard InChI is InChI=1S/C28H31N3O/c1-21-11-12-23(19-22(21)2)28-29-26-14-13-25(32-18-17-30-15-7-4-8-16-30)20-27(26)31(28)24-9-5-3-6-10-24/h3,5-6,9-14,19-20H,4,7-8,15-18H2,1-2H3. The number of aromatic nitrogens is 2. The van der Waals surface area contributed by atoms with Crippen LogP contribution in [-0.4, -0.2) is 40.7 Å². The molecule has 3 aromatic carbocycles. The van der Waals surface area contributed by atoms with E-state index in [9.17, 15) is 0 Å². The van der Waals surface area contributed by atoms with Gasteiger partial charge >= 0.3 is 0 Å². The van der Waals surface area contributed by atoms with Crippen molar-refractivity contribution in [1.29, 1.82) is 0 Å². The summed E-state index contributed by atoms with van der Waals surface area (Å²) in [6.07, 6.45) is 3.98. The number of hydrogen-bond donors (Lipinski definition) is 0. The number of aryl methyl sites for hydroxylation is 2. The molecule has 5 rings (SSSR count). The highest BCUT2D eigenvalue weighted by Crippen LogP contribution is 2.31. The Morgan fingerprint density at radius 3 is 2.44 bits per heavy atom. The van der Waals surface area contributed by atoms with E-state index in [0.717, 1.165) is 47.0 Å². The van der Waals surface area contributed by atoms with Crippen molar-refractivity contribution in [3.8, 4) is 22.8 Å². The molecule has 0 bridgehead atoms. The van der Waals surface area contributed by atoms with E-state index in [2.05, 4.69) is 77.9 Å². The molecule has 1 aliphatic rings. The van der Waals surface area contributed by atoms with E-state index in [1.165, 1.54) is 43.5 Å². The first-order valence-corrected chi connectivity index (χ1v) is 11.7. The molecule has 32 heavy (non-hydrogen) atoms. The van der Waals surface area contributed by atoms with Gasteiger partial charge in [0.1, 0.15) is 18.2 Å². The number of rotatable bonds is 6. The molecule has 0 spiro atoms. The lowest BCUT2D eigenvalue weighted by Crippen LogP contribution is -2.33. The average Bonchev–Trinajstić information content (AvgIpc) is 3.21. The first-order chi connectivity index (χ1) is 15.7. The van der Waals surface area contributed by atoms with Gasteiger partial charge in [0.15, 0.2) is 0 Å². The Kier molecular flexibility index (Phi) is 5.95. The minimum atomic E-state index is 0.717. The van der Waals surface area contributed by atoms with Gasteiger partial charge in [-0.25, -0.2) is 4.98 Å². The Hall–Kier alpha value is -3.11. The fourth-order valence-corrected chi connectivity index (χ4v) is 4.53. The van der Waals surface area contributed by atoms with Crippen LogP contribution in [-0.2, 0) is 0 Å². The molecule has 164 valence electrons. The molecular formula is C28H31N3O. The highest BCUT2D eigenvalue weighted by Gasteiger charge is 2.16. The van der Waals surface area contributed by atoms with Gasteiger partial charge < -0.3 is 4.74 Å². The number of fused-ring (bicyclic) bond motifs is 1. The predicted molar refractivity (Wildman–Crippen MR) is 132 cm³/mol. The van der Waals surface area contributed by atoms with E-state index in [4.69, 9.17) is 9.72 Å². The SMILES string of the molecule is Cc1ccc(-c2nc3ccc(OCCN4CCCCC4)cc3n2-c2ccccc2)cc1C. The molecule has 4 heteroatoms. The van der Waals surface area contributed by atoms with Crippen LogP contribution in [0, 0.1) is 13.8 Å². The monoisotopic (exact) mass is 425 g/mol. The first-order valence-electron chi connectivity index (χ1n) is 11.7. The highest BCUT2D eigenvalue weighted by molar-refractivity contribution is 5.84. The third-order valence-corrected chi connectivity index (χ3v) is 6.53. The Labute approximate surface area is 190 Å². The molecule has 0 radical (unpaired) electrons. The summed E-state index contributed by atoms with van der Waals surface area (Å²) in [4.78, 5) is 7.53. The summed E-state index contributed by atoms with van der Waals surface area (Å²) in [6, 6.07) is 23.3. The van der Waals surface area contributed by atoms with E-state index in [1.54, 1.807) is 0 Å². The first kappa shape index (κ1) is 20.8. The zero-order valence-corrected chi connectivity index (χ0v) is 19.1. The Morgan fingerprint density at radius 2 is 1.66 bits per heavy atom. The van der Waals surface area contributed by atoms with Crippen molar-refractivity contribution in [3.05, 3.63) is 77.9 Å². The van der Waals surface area contributed by atoms with Crippen LogP contribution in [0.1, 0.15) is 30.4 Å². The molecule has 0 unspecified atom stereocenters. The molecule has 4 aromatic rings. The van der Waals surface area contributed by atoms with Crippen LogP contribution in [0.3, 0.4) is 0 Å². The van der Waals surface area contributed by atoms with Crippen LogP contribution >= 0.6 is 0 Å². The third-order valence-electron chi connectivity index (χ3n) is 6.53. The van der Waals surface area contributed by atoms with Gasteiger partial charge in [-0.2, -0.15) is 0 Å². The number of likely N-dealkylation sites (tertiary alicyclic amines) is 1. The molecule has 0 N–H and O–H groups in total. The van der Waals surface area contributed by atoms with E-state index >= 15 is 0 Å². The van der Waals surface area contributed by atoms with E-state index in [-0.39, 0.29) is 0 Å². The van der Waals surface area contributed by atoms with E-state index in [0.29, 0.717) is 0 Å². The zero-order valence-electron chi connectivity index (χ0n) is 19.1. The highest BCUT2D eigenvalue weighted by atomic mass is 16.5. The molecule has 0 aliphatic carbocycles. The molecule has 1 saturated heterocycles. The van der Waals surface area contributed by atoms with Crippen LogP contribution < -0.4 is 4.74 Å². The van der Waals surface area contributed by atoms with E-state index in [1.807, 2.05) is 12.1 Å². The topological polar surface area (TPSA) is 30.3 Å². The molecule has 1 aromatic heterocycles. The van der Waals surface area contributed by atoms with Crippen molar-refractivity contribution < 1.29 is 4.74 Å². The zero-order chi connectivity index (χ0) is 21.9. The maximum absolute atomic E-state index is 6.17. The lowest BCUT2D eigenvalue weighted by Gasteiger charge is -2.26. The minimum Gasteiger partial charge on any atom is -0.492 e. The van der Waals surface area contributed by atoms with Crippen LogP contribution in [0.25, 0.3) is 28.1 Å². The van der Waals surface area contributed by atoms with Crippen LogP contribution in [0.15, 0.2) is 66.7 Å². The van der Waals surface area contributed by atoms with Crippen molar-refractivity contribution >= 4 is 11.0 Å². The number of ether oxygens (including phenoxy) is 1. The summed E-state index contributed by atoms with van der Waals surface area (Å²) in [6.45, 7) is 8.40. The second-order valence-electron chi connectivity index (χ2n) is 8.81. The number of para-hydroxylation sites is 1. The van der Waals surface area contributed by atoms with Gasteiger partial charge in [0, 0.05) is 23.9 Å². The summed E-state index contributed by atoms with van der Waals surface area (Å²) in [7, 11) is 0. The second kappa shape index (κ2) is 9.17. The van der Waals surface area contributed by atoms with Gasteiger partial charge in [-0.15, -0.1) is 0 Å². The molecule has 0 saturated carbocycles. The molecule has 4 nitrogen and oxygen atoms in total. The number of nitrogens with zero attached hydrogens (tertiary/aromatic N) is 3. The number of imidazole rings is 1. The Balaban J connectivity index is 1.50. The third kappa shape index (κ3) is 4.28. The lowest BCUT2D eigenvalue weighted by molar-refractivity contribution is 0.183. The van der Waals surface area contributed by atoms with Crippen molar-refractivity contribution in [3.63, 3.8) is 0 Å². The molecular weight excluding hydrogens is 394 g/mol. The summed E-state index contributed by atoms with van der Waals surface area (Å²) >= 11 is 0. The Bertz CT molecular complexity index is 1210. The van der Waals surface area contributed by atoms with Gasteiger partial charge in [0.25, 0.3) is 0 Å². The van der Waals surface area contributed by atoms with Crippen molar-refractivity contribution in [1.82, 2.24) is 14.5 Å². The van der Waals surface area contributed by atoms with Gasteiger partial charge in [-0.1, -0.05) is 36.8 Å². The summed E-state index contributed by atoms with van der Waals surface area (Å²) in [5.74, 6) is 1.86. The quantitative estimate of drug-likeness (QED) is 0.370. The molecule has 1 aliphatic heterocycles. The number of piperidine rings is 1. The van der Waals surface area contributed by atoms with Crippen molar-refractivity contribution in [2.24, 2.45) is 0 Å². The predicted octanol–water partition coefficient (Wildman–Crippen LogP) is 6.17. The summed E-state index contributed by atoms with van der Waals surface area (Å²) < 4.78 is 8.42. The van der Waals surface area contributed by atoms with Crippen LogP contribution in [0.2, 0.25) is 0 Å². The number of hydrogen-bond acceptors (Lipinski definition) is 3. The smallest absolute Gasteiger partial charge is 0.145 e. The van der Waals surface area contributed by atoms with Gasteiger partial charge in [0.2, 0.25) is 0 Å². The fraction of sp³-hybridized carbons (Fsp3) is 0.321. The Morgan fingerprint density at radius 1 is 0.844 bits per heavy atom. The van der Waals surface area contributed by atoms with Gasteiger partial charge in [-0.05, 0) is 81.2 Å². The van der Waals surface area contributed by atoms with Gasteiger partial charge in [-0.3, -0.25) is 9.47 Å². The van der Waals surface area contributed by atoms with Crippen molar-refractivity contribution in [2.45, 2.75) is 33.1 Å². The summed E-state index contributed by atoms with van der Waals surface area (Å²) in [5, 5.41) is 0. The van der Waals surface area contributed by atoms with Crippen molar-refractivity contribution in [2.75, 3.05) is 26.2 Å². The normalized spacial score (nSPS) is 14.7. The van der Waals surface area contributed by atoms with Crippen LogP contribution in [0.5, 0.6) is 5.75 Å². The molecule has 0 atom stereocenters. The average molecular weight is 426 g/mol. The fourth-order valence-electron chi connectivity index (χ4n) is 4.53. The molecule has 0 amide bonds. The van der Waals surface area contributed by atoms with E-state index < -0.39 is 0 Å².